The largest absolute Gasteiger partial charge is 0.422 e. The van der Waals surface area contributed by atoms with Crippen LogP contribution >= 0.6 is 22.6 Å². The highest BCUT2D eigenvalue weighted by atomic mass is 127. The molecule has 0 radical (unpaired) electrons. The van der Waals surface area contributed by atoms with Crippen LogP contribution in [0.15, 0.2) is 33.5 Å². The van der Waals surface area contributed by atoms with Crippen LogP contribution in [0.2, 0.25) is 0 Å². The van der Waals surface area contributed by atoms with Crippen LogP contribution in [0.25, 0.3) is 11.0 Å². The summed E-state index contributed by atoms with van der Waals surface area (Å²) >= 11 is 2.18. The number of rotatable bonds is 1. The maximum Gasteiger partial charge on any atom is 0.341 e. The summed E-state index contributed by atoms with van der Waals surface area (Å²) in [5, 5.41) is 9.72. The smallest absolute Gasteiger partial charge is 0.341 e. The summed E-state index contributed by atoms with van der Waals surface area (Å²) in [5.74, 6) is 0. The van der Waals surface area contributed by atoms with Crippen molar-refractivity contribution >= 4 is 33.6 Å². The van der Waals surface area contributed by atoms with Gasteiger partial charge >= 0.3 is 5.63 Å². The first kappa shape index (κ1) is 9.67. The number of halogens is 1. The minimum atomic E-state index is -0.471. The summed E-state index contributed by atoms with van der Waals surface area (Å²) in [4.78, 5) is 11.2. The van der Waals surface area contributed by atoms with Gasteiger partial charge in [0.2, 0.25) is 0 Å². The zero-order valence-electron chi connectivity index (χ0n) is 7.16. The monoisotopic (exact) mass is 302 g/mol. The lowest BCUT2D eigenvalue weighted by Crippen LogP contribution is -2.06. The van der Waals surface area contributed by atoms with Crippen LogP contribution in [0.5, 0.6) is 0 Å². The van der Waals surface area contributed by atoms with Gasteiger partial charge in [0, 0.05) is 8.96 Å². The van der Waals surface area contributed by atoms with Crippen LogP contribution in [-0.2, 0) is 6.61 Å². The SMILES string of the molecule is O=c1oc2ccc(I)cc2cc1CO. The average molecular weight is 302 g/mol. The van der Waals surface area contributed by atoms with Gasteiger partial charge in [-0.2, -0.15) is 0 Å². The van der Waals surface area contributed by atoms with Gasteiger partial charge in [0.1, 0.15) is 5.58 Å². The third kappa shape index (κ3) is 1.67. The Morgan fingerprint density at radius 1 is 1.36 bits per heavy atom. The Hall–Kier alpha value is -0.880. The van der Waals surface area contributed by atoms with Gasteiger partial charge in [-0.25, -0.2) is 4.79 Å². The molecule has 0 aliphatic heterocycles. The molecule has 0 bridgehead atoms. The first-order valence-electron chi connectivity index (χ1n) is 4.04. The Balaban J connectivity index is 2.80. The second kappa shape index (κ2) is 3.70. The van der Waals surface area contributed by atoms with E-state index in [4.69, 9.17) is 9.52 Å². The third-order valence-corrected chi connectivity index (χ3v) is 2.61. The Bertz CT molecular complexity index is 530. The number of hydrogen-bond acceptors (Lipinski definition) is 3. The predicted molar refractivity (Wildman–Crippen MR) is 61.1 cm³/mol. The minimum Gasteiger partial charge on any atom is -0.422 e. The van der Waals surface area contributed by atoms with Gasteiger partial charge in [-0.3, -0.25) is 0 Å². The fourth-order valence-electron chi connectivity index (χ4n) is 1.25. The van der Waals surface area contributed by atoms with E-state index in [0.29, 0.717) is 11.1 Å². The summed E-state index contributed by atoms with van der Waals surface area (Å²) in [6.45, 7) is -0.288. The van der Waals surface area contributed by atoms with Gasteiger partial charge in [-0.1, -0.05) is 0 Å². The molecule has 4 heteroatoms. The minimum absolute atomic E-state index is 0.288. The van der Waals surface area contributed by atoms with E-state index in [1.807, 2.05) is 12.1 Å². The molecule has 14 heavy (non-hydrogen) atoms. The first-order valence-corrected chi connectivity index (χ1v) is 5.12. The van der Waals surface area contributed by atoms with E-state index in [-0.39, 0.29) is 6.61 Å². The second-order valence-corrected chi connectivity index (χ2v) is 4.14. The van der Waals surface area contributed by atoms with Gasteiger partial charge in [0.05, 0.1) is 12.2 Å². The second-order valence-electron chi connectivity index (χ2n) is 2.90. The summed E-state index contributed by atoms with van der Waals surface area (Å²) in [6.07, 6.45) is 0. The molecule has 1 heterocycles. The van der Waals surface area contributed by atoms with E-state index in [9.17, 15) is 4.79 Å². The van der Waals surface area contributed by atoms with Gasteiger partial charge in [-0.15, -0.1) is 0 Å². The van der Waals surface area contributed by atoms with Crippen LogP contribution in [-0.4, -0.2) is 5.11 Å². The molecule has 1 aromatic heterocycles. The Kier molecular flexibility index (Phi) is 2.56. The molecule has 0 atom stereocenters. The number of aliphatic hydroxyl groups excluding tert-OH is 1. The molecular formula is C10H7IO3. The molecule has 0 amide bonds. The van der Waals surface area contributed by atoms with Crippen LogP contribution in [0.4, 0.5) is 0 Å². The van der Waals surface area contributed by atoms with Crippen molar-refractivity contribution in [2.45, 2.75) is 6.61 Å². The number of benzene rings is 1. The molecule has 72 valence electrons. The highest BCUT2D eigenvalue weighted by Crippen LogP contribution is 2.16. The Morgan fingerprint density at radius 3 is 2.86 bits per heavy atom. The molecule has 0 fully saturated rings. The van der Waals surface area contributed by atoms with Crippen molar-refractivity contribution in [3.8, 4) is 0 Å². The van der Waals surface area contributed by atoms with E-state index in [0.717, 1.165) is 8.96 Å². The van der Waals surface area contributed by atoms with Crippen molar-refractivity contribution in [2.24, 2.45) is 0 Å². The van der Waals surface area contributed by atoms with Crippen LogP contribution in [0.3, 0.4) is 0 Å². The molecule has 2 aromatic rings. The quantitative estimate of drug-likeness (QED) is 0.646. The van der Waals surface area contributed by atoms with Crippen molar-refractivity contribution in [3.05, 3.63) is 43.8 Å². The first-order chi connectivity index (χ1) is 6.70. The topological polar surface area (TPSA) is 50.4 Å². The van der Waals surface area contributed by atoms with Gasteiger partial charge in [0.25, 0.3) is 0 Å². The van der Waals surface area contributed by atoms with Crippen molar-refractivity contribution in [3.63, 3.8) is 0 Å². The molecule has 1 aromatic carbocycles. The van der Waals surface area contributed by atoms with Crippen molar-refractivity contribution in [1.29, 1.82) is 0 Å². The fraction of sp³-hybridized carbons (Fsp3) is 0.100. The summed E-state index contributed by atoms with van der Waals surface area (Å²) < 4.78 is 6.08. The molecule has 0 saturated carbocycles. The lowest BCUT2D eigenvalue weighted by Gasteiger charge is -1.99. The Morgan fingerprint density at radius 2 is 2.14 bits per heavy atom. The molecular weight excluding hydrogens is 295 g/mol. The van der Waals surface area contributed by atoms with Gasteiger partial charge in [-0.05, 0) is 46.9 Å². The van der Waals surface area contributed by atoms with Gasteiger partial charge < -0.3 is 9.52 Å². The molecule has 0 spiro atoms. The molecule has 0 aliphatic rings. The zero-order chi connectivity index (χ0) is 10.1. The molecule has 1 N–H and O–H groups in total. The average Bonchev–Trinajstić information content (AvgIpc) is 2.17. The molecule has 0 saturated heterocycles. The number of aliphatic hydroxyl groups is 1. The summed E-state index contributed by atoms with van der Waals surface area (Å²) in [6, 6.07) is 7.17. The van der Waals surface area contributed by atoms with E-state index < -0.39 is 5.63 Å². The molecule has 2 rings (SSSR count). The lowest BCUT2D eigenvalue weighted by molar-refractivity contribution is 0.276. The normalized spacial score (nSPS) is 10.7. The standard InChI is InChI=1S/C10H7IO3/c11-8-1-2-9-6(4-8)3-7(5-12)10(13)14-9/h1-4,12H,5H2. The maximum atomic E-state index is 11.2. The van der Waals surface area contributed by atoms with E-state index >= 15 is 0 Å². The summed E-state index contributed by atoms with van der Waals surface area (Å²) in [5.41, 5.74) is 0.369. The zero-order valence-corrected chi connectivity index (χ0v) is 9.32. The van der Waals surface area contributed by atoms with Gasteiger partial charge in [0.15, 0.2) is 0 Å². The Labute approximate surface area is 93.5 Å². The van der Waals surface area contributed by atoms with Crippen molar-refractivity contribution in [2.75, 3.05) is 0 Å². The van der Waals surface area contributed by atoms with E-state index in [1.54, 1.807) is 12.1 Å². The molecule has 0 aliphatic carbocycles. The molecule has 3 nitrogen and oxygen atoms in total. The fourth-order valence-corrected chi connectivity index (χ4v) is 1.76. The third-order valence-electron chi connectivity index (χ3n) is 1.94. The number of fused-ring (bicyclic) bond motifs is 1. The van der Waals surface area contributed by atoms with E-state index in [2.05, 4.69) is 22.6 Å². The maximum absolute atomic E-state index is 11.2. The van der Waals surface area contributed by atoms with Crippen molar-refractivity contribution < 1.29 is 9.52 Å². The molecule has 0 unspecified atom stereocenters. The predicted octanol–water partition coefficient (Wildman–Crippen LogP) is 1.89. The van der Waals surface area contributed by atoms with E-state index in [1.165, 1.54) is 0 Å². The summed E-state index contributed by atoms with van der Waals surface area (Å²) in [7, 11) is 0. The number of hydrogen-bond donors (Lipinski definition) is 1. The highest BCUT2D eigenvalue weighted by molar-refractivity contribution is 14.1. The highest BCUT2D eigenvalue weighted by Gasteiger charge is 2.03. The lowest BCUT2D eigenvalue weighted by atomic mass is 10.2. The van der Waals surface area contributed by atoms with Crippen molar-refractivity contribution in [1.82, 2.24) is 0 Å². The van der Waals surface area contributed by atoms with Crippen LogP contribution < -0.4 is 5.63 Å². The van der Waals surface area contributed by atoms with Crippen LogP contribution in [0, 0.1) is 3.57 Å². The van der Waals surface area contributed by atoms with Crippen LogP contribution in [0.1, 0.15) is 5.56 Å².